The molecule has 0 aliphatic heterocycles. The van der Waals surface area contributed by atoms with Crippen LogP contribution in [0.25, 0.3) is 0 Å². The van der Waals surface area contributed by atoms with E-state index in [4.69, 9.17) is 9.84 Å². The molecule has 0 saturated carbocycles. The van der Waals surface area contributed by atoms with Crippen LogP contribution in [0.4, 0.5) is 8.78 Å². The summed E-state index contributed by atoms with van der Waals surface area (Å²) >= 11 is 0. The quantitative estimate of drug-likeness (QED) is 0.727. The Hall–Kier alpha value is -1.24. The molecule has 0 aliphatic rings. The number of carboxylic acid groups (broad SMARTS) is 1. The predicted molar refractivity (Wildman–Crippen MR) is 49.2 cm³/mol. The Morgan fingerprint density at radius 3 is 2.12 bits per heavy atom. The monoisotopic (exact) mass is 240 g/mol. The molecular formula is C9H14F2O5. The van der Waals surface area contributed by atoms with Crippen molar-refractivity contribution in [3.05, 3.63) is 0 Å². The first kappa shape index (κ1) is 14.8. The summed E-state index contributed by atoms with van der Waals surface area (Å²) in [5, 5.41) is 8.05. The van der Waals surface area contributed by atoms with Gasteiger partial charge in [0.05, 0.1) is 0 Å². The van der Waals surface area contributed by atoms with Gasteiger partial charge in [-0.15, -0.1) is 0 Å². The lowest BCUT2D eigenvalue weighted by molar-refractivity contribution is -0.179. The zero-order valence-electron chi connectivity index (χ0n) is 9.25. The van der Waals surface area contributed by atoms with Crippen LogP contribution in [0.1, 0.15) is 20.8 Å². The number of aliphatic carboxylic acids is 1. The molecule has 0 rings (SSSR count). The summed E-state index contributed by atoms with van der Waals surface area (Å²) in [5.74, 6) is -7.12. The van der Waals surface area contributed by atoms with E-state index in [0.29, 0.717) is 0 Å². The molecule has 5 nitrogen and oxygen atoms in total. The molecule has 1 N–H and O–H groups in total. The van der Waals surface area contributed by atoms with Crippen LogP contribution in [0.2, 0.25) is 0 Å². The molecule has 0 aromatic rings. The van der Waals surface area contributed by atoms with Gasteiger partial charge in [0.1, 0.15) is 18.8 Å². The number of carbonyl (C=O) groups excluding carboxylic acids is 1. The Morgan fingerprint density at radius 1 is 1.25 bits per heavy atom. The van der Waals surface area contributed by atoms with E-state index >= 15 is 0 Å². The summed E-state index contributed by atoms with van der Waals surface area (Å²) < 4.78 is 33.9. The van der Waals surface area contributed by atoms with Crippen molar-refractivity contribution in [2.75, 3.05) is 13.2 Å². The van der Waals surface area contributed by atoms with Crippen molar-refractivity contribution in [1.82, 2.24) is 0 Å². The third kappa shape index (κ3) is 6.28. The second-order valence-corrected chi connectivity index (χ2v) is 4.09. The second kappa shape index (κ2) is 5.20. The first-order valence-electron chi connectivity index (χ1n) is 4.45. The van der Waals surface area contributed by atoms with Gasteiger partial charge in [0.2, 0.25) is 0 Å². The fourth-order valence-corrected chi connectivity index (χ4v) is 0.695. The Balaban J connectivity index is 3.92. The average molecular weight is 240 g/mol. The maximum absolute atomic E-state index is 12.5. The highest BCUT2D eigenvalue weighted by Gasteiger charge is 2.39. The number of ether oxygens (including phenoxy) is 2. The molecule has 0 aromatic carbocycles. The minimum Gasteiger partial charge on any atom is -0.477 e. The molecule has 0 heterocycles. The smallest absolute Gasteiger partial charge is 0.377 e. The Morgan fingerprint density at radius 2 is 1.75 bits per heavy atom. The van der Waals surface area contributed by atoms with Crippen LogP contribution in [0.3, 0.4) is 0 Å². The molecular weight excluding hydrogens is 226 g/mol. The molecule has 94 valence electrons. The minimum absolute atomic E-state index is 0.708. The lowest BCUT2D eigenvalue weighted by Crippen LogP contribution is -2.35. The van der Waals surface area contributed by atoms with E-state index < -0.39 is 36.7 Å². The van der Waals surface area contributed by atoms with Gasteiger partial charge in [0.15, 0.2) is 0 Å². The molecule has 0 fully saturated rings. The van der Waals surface area contributed by atoms with E-state index in [0.717, 1.165) is 0 Å². The van der Waals surface area contributed by atoms with Crippen LogP contribution < -0.4 is 0 Å². The number of rotatable bonds is 5. The zero-order chi connectivity index (χ0) is 13.0. The summed E-state index contributed by atoms with van der Waals surface area (Å²) in [6.45, 7) is 2.76. The molecule has 0 saturated heterocycles. The molecule has 0 unspecified atom stereocenters. The molecule has 0 radical (unpaired) electrons. The molecule has 7 heteroatoms. The van der Waals surface area contributed by atoms with Gasteiger partial charge >= 0.3 is 17.9 Å². The number of hydrogen-bond donors (Lipinski definition) is 1. The Labute approximate surface area is 91.3 Å². The molecule has 0 aromatic heterocycles. The van der Waals surface area contributed by atoms with Gasteiger partial charge in [-0.2, -0.15) is 8.78 Å². The third-order valence-corrected chi connectivity index (χ3v) is 1.24. The maximum atomic E-state index is 12.5. The highest BCUT2D eigenvalue weighted by Crippen LogP contribution is 2.14. The van der Waals surface area contributed by atoms with Crippen LogP contribution in [0.5, 0.6) is 0 Å². The van der Waals surface area contributed by atoms with Crippen LogP contribution in [-0.4, -0.2) is 41.8 Å². The van der Waals surface area contributed by atoms with Gasteiger partial charge in [0, 0.05) is 0 Å². The largest absolute Gasteiger partial charge is 0.477 e. The minimum atomic E-state index is -4.00. The average Bonchev–Trinajstić information content (AvgIpc) is 1.99. The summed E-state index contributed by atoms with van der Waals surface area (Å²) in [7, 11) is 0. The van der Waals surface area contributed by atoms with Crippen LogP contribution >= 0.6 is 0 Å². The van der Waals surface area contributed by atoms with Crippen molar-refractivity contribution in [2.45, 2.75) is 32.3 Å². The van der Waals surface area contributed by atoms with E-state index in [2.05, 4.69) is 4.74 Å². The van der Waals surface area contributed by atoms with Crippen molar-refractivity contribution in [2.24, 2.45) is 0 Å². The lowest BCUT2D eigenvalue weighted by atomic mass is 10.2. The zero-order valence-corrected chi connectivity index (χ0v) is 9.25. The van der Waals surface area contributed by atoms with Gasteiger partial charge in [-0.05, 0) is 20.8 Å². The number of alkyl halides is 2. The van der Waals surface area contributed by atoms with Crippen molar-refractivity contribution in [3.63, 3.8) is 0 Å². The summed E-state index contributed by atoms with van der Waals surface area (Å²) in [4.78, 5) is 21.0. The maximum Gasteiger partial charge on any atom is 0.377 e. The normalized spacial score (nSPS) is 12.3. The topological polar surface area (TPSA) is 72.8 Å². The standard InChI is InChI=1S/C9H14F2O5/c1-8(2,3)16-6(12)4-15-5-9(10,11)7(13)14/h4-5H2,1-3H3,(H,13,14). The first-order chi connectivity index (χ1) is 7.04. The summed E-state index contributed by atoms with van der Waals surface area (Å²) in [5.41, 5.74) is -0.740. The Bertz CT molecular complexity index is 270. The number of esters is 1. The first-order valence-corrected chi connectivity index (χ1v) is 4.45. The van der Waals surface area contributed by atoms with Crippen LogP contribution in [-0.2, 0) is 19.1 Å². The van der Waals surface area contributed by atoms with Crippen molar-refractivity contribution in [3.8, 4) is 0 Å². The molecule has 0 bridgehead atoms. The van der Waals surface area contributed by atoms with Gasteiger partial charge < -0.3 is 14.6 Å². The number of carboxylic acids is 1. The molecule has 0 amide bonds. The van der Waals surface area contributed by atoms with Gasteiger partial charge in [-0.25, -0.2) is 9.59 Å². The highest BCUT2D eigenvalue weighted by atomic mass is 19.3. The summed E-state index contributed by atoms with van der Waals surface area (Å²) in [6.07, 6.45) is 0. The van der Waals surface area contributed by atoms with Gasteiger partial charge in [-0.1, -0.05) is 0 Å². The fourth-order valence-electron chi connectivity index (χ4n) is 0.695. The van der Waals surface area contributed by atoms with E-state index in [-0.39, 0.29) is 0 Å². The number of carbonyl (C=O) groups is 2. The molecule has 0 atom stereocenters. The van der Waals surface area contributed by atoms with E-state index in [1.165, 1.54) is 0 Å². The molecule has 0 spiro atoms. The molecule has 0 aliphatic carbocycles. The van der Waals surface area contributed by atoms with Crippen molar-refractivity contribution < 1.29 is 33.0 Å². The number of hydrogen-bond acceptors (Lipinski definition) is 4. The van der Waals surface area contributed by atoms with Crippen molar-refractivity contribution >= 4 is 11.9 Å². The number of halogens is 2. The van der Waals surface area contributed by atoms with E-state index in [9.17, 15) is 18.4 Å². The van der Waals surface area contributed by atoms with Crippen LogP contribution in [0, 0.1) is 0 Å². The highest BCUT2D eigenvalue weighted by molar-refractivity contribution is 5.75. The Kier molecular flexibility index (Phi) is 4.80. The summed E-state index contributed by atoms with van der Waals surface area (Å²) in [6, 6.07) is 0. The third-order valence-electron chi connectivity index (χ3n) is 1.24. The SMILES string of the molecule is CC(C)(C)OC(=O)COCC(F)(F)C(=O)O. The molecule has 16 heavy (non-hydrogen) atoms. The van der Waals surface area contributed by atoms with Crippen LogP contribution in [0.15, 0.2) is 0 Å². The van der Waals surface area contributed by atoms with Gasteiger partial charge in [-0.3, -0.25) is 0 Å². The lowest BCUT2D eigenvalue weighted by Gasteiger charge is -2.19. The second-order valence-electron chi connectivity index (χ2n) is 4.09. The van der Waals surface area contributed by atoms with E-state index in [1.54, 1.807) is 20.8 Å². The van der Waals surface area contributed by atoms with Gasteiger partial charge in [0.25, 0.3) is 0 Å². The predicted octanol–water partition coefficient (Wildman–Crippen LogP) is 1.06. The van der Waals surface area contributed by atoms with Crippen molar-refractivity contribution in [1.29, 1.82) is 0 Å². The fraction of sp³-hybridized carbons (Fsp3) is 0.778. The van der Waals surface area contributed by atoms with E-state index in [1.807, 2.05) is 0 Å².